The topological polar surface area (TPSA) is 124 Å². The Hall–Kier alpha value is -2.73. The minimum absolute atomic E-state index is 0.00218. The summed E-state index contributed by atoms with van der Waals surface area (Å²) in [5, 5.41) is 3.66. The number of nitrogens with zero attached hydrogens (tertiary/aromatic N) is 2. The van der Waals surface area contributed by atoms with E-state index in [0.29, 0.717) is 0 Å². The van der Waals surface area contributed by atoms with Gasteiger partial charge in [0, 0.05) is 19.0 Å². The SMILES string of the molecule is CCOC(=O)CC1(C(=O)OCC)N=C(c2c(F)cccc2NCS(C)(=O)=O)N(C)O1. The van der Waals surface area contributed by atoms with E-state index >= 15 is 0 Å². The predicted molar refractivity (Wildman–Crippen MR) is 106 cm³/mol. The summed E-state index contributed by atoms with van der Waals surface area (Å²) in [6, 6.07) is 3.99. The van der Waals surface area contributed by atoms with Gasteiger partial charge in [0.1, 0.15) is 18.1 Å². The van der Waals surface area contributed by atoms with Gasteiger partial charge < -0.3 is 14.8 Å². The number of aliphatic imine (C=N–C) groups is 1. The first-order chi connectivity index (χ1) is 14.0. The lowest BCUT2D eigenvalue weighted by atomic mass is 10.1. The largest absolute Gasteiger partial charge is 0.466 e. The Kier molecular flexibility index (Phi) is 7.37. The molecule has 0 bridgehead atoms. The van der Waals surface area contributed by atoms with Crippen molar-refractivity contribution in [1.29, 1.82) is 0 Å². The molecule has 0 amide bonds. The Labute approximate surface area is 173 Å². The Morgan fingerprint density at radius 3 is 2.53 bits per heavy atom. The minimum atomic E-state index is -3.41. The highest BCUT2D eigenvalue weighted by atomic mass is 32.2. The number of anilines is 1. The molecular formula is C18H24FN3O7S. The van der Waals surface area contributed by atoms with Crippen LogP contribution in [0.25, 0.3) is 0 Å². The summed E-state index contributed by atoms with van der Waals surface area (Å²) < 4.78 is 47.6. The van der Waals surface area contributed by atoms with E-state index in [1.165, 1.54) is 19.2 Å². The molecule has 30 heavy (non-hydrogen) atoms. The fraction of sp³-hybridized carbons (Fsp3) is 0.500. The molecule has 12 heteroatoms. The second-order valence-electron chi connectivity index (χ2n) is 6.42. The third kappa shape index (κ3) is 5.45. The van der Waals surface area contributed by atoms with Crippen LogP contribution in [0.3, 0.4) is 0 Å². The van der Waals surface area contributed by atoms with Crippen molar-refractivity contribution in [2.75, 3.05) is 37.7 Å². The number of nitrogens with one attached hydrogen (secondary N) is 1. The molecule has 0 fully saturated rings. The summed E-state index contributed by atoms with van der Waals surface area (Å²) in [5.74, 6) is -3.01. The fourth-order valence-corrected chi connectivity index (χ4v) is 3.15. The van der Waals surface area contributed by atoms with Crippen molar-refractivity contribution in [2.24, 2.45) is 4.99 Å². The normalized spacial score (nSPS) is 18.7. The average molecular weight is 445 g/mol. The third-order valence-corrected chi connectivity index (χ3v) is 4.59. The summed E-state index contributed by atoms with van der Waals surface area (Å²) in [6.45, 7) is 3.26. The Bertz CT molecular complexity index is 951. The average Bonchev–Trinajstić information content (AvgIpc) is 2.96. The van der Waals surface area contributed by atoms with E-state index in [0.717, 1.165) is 17.4 Å². The Balaban J connectivity index is 2.53. The lowest BCUT2D eigenvalue weighted by molar-refractivity contribution is -0.207. The number of carbonyl (C=O) groups excluding carboxylic acids is 2. The zero-order chi connectivity index (χ0) is 22.5. The van der Waals surface area contributed by atoms with E-state index in [1.807, 2.05) is 0 Å². The number of amidine groups is 1. The summed E-state index contributed by atoms with van der Waals surface area (Å²) in [4.78, 5) is 34.4. The van der Waals surface area contributed by atoms with Crippen LogP contribution in [0.5, 0.6) is 0 Å². The number of carbonyl (C=O) groups is 2. The highest BCUT2D eigenvalue weighted by Gasteiger charge is 2.51. The van der Waals surface area contributed by atoms with Crippen molar-refractivity contribution in [1.82, 2.24) is 5.06 Å². The summed E-state index contributed by atoms with van der Waals surface area (Å²) >= 11 is 0. The van der Waals surface area contributed by atoms with Crippen LogP contribution in [0.4, 0.5) is 10.1 Å². The second-order valence-corrected chi connectivity index (χ2v) is 8.56. The van der Waals surface area contributed by atoms with Gasteiger partial charge >= 0.3 is 11.9 Å². The Morgan fingerprint density at radius 1 is 1.27 bits per heavy atom. The summed E-state index contributed by atoms with van der Waals surface area (Å²) in [7, 11) is -2.04. The second kappa shape index (κ2) is 9.39. The fourth-order valence-electron chi connectivity index (χ4n) is 2.73. The molecule has 0 aliphatic carbocycles. The van der Waals surface area contributed by atoms with E-state index in [-0.39, 0.29) is 30.3 Å². The van der Waals surface area contributed by atoms with Crippen molar-refractivity contribution in [2.45, 2.75) is 26.0 Å². The highest BCUT2D eigenvalue weighted by Crippen LogP contribution is 2.33. The summed E-state index contributed by atoms with van der Waals surface area (Å²) in [6.07, 6.45) is 0.431. The number of esters is 2. The molecule has 1 heterocycles. The highest BCUT2D eigenvalue weighted by molar-refractivity contribution is 7.90. The number of ether oxygens (including phenoxy) is 2. The zero-order valence-electron chi connectivity index (χ0n) is 17.1. The van der Waals surface area contributed by atoms with E-state index in [4.69, 9.17) is 14.3 Å². The molecule has 166 valence electrons. The van der Waals surface area contributed by atoms with Crippen molar-refractivity contribution in [3.05, 3.63) is 29.6 Å². The van der Waals surface area contributed by atoms with Crippen LogP contribution in [0.15, 0.2) is 23.2 Å². The van der Waals surface area contributed by atoms with Crippen LogP contribution in [-0.4, -0.2) is 69.4 Å². The van der Waals surface area contributed by atoms with Crippen LogP contribution in [0, 0.1) is 5.82 Å². The van der Waals surface area contributed by atoms with Crippen molar-refractivity contribution in [3.8, 4) is 0 Å². The first-order valence-corrected chi connectivity index (χ1v) is 11.1. The molecule has 0 aromatic heterocycles. The zero-order valence-corrected chi connectivity index (χ0v) is 17.9. The van der Waals surface area contributed by atoms with E-state index in [1.54, 1.807) is 13.8 Å². The first kappa shape index (κ1) is 23.5. The molecule has 0 saturated heterocycles. The lowest BCUT2D eigenvalue weighted by Gasteiger charge is -2.23. The van der Waals surface area contributed by atoms with Crippen LogP contribution < -0.4 is 5.32 Å². The van der Waals surface area contributed by atoms with E-state index in [2.05, 4.69) is 10.3 Å². The molecule has 1 aliphatic rings. The molecule has 1 aliphatic heterocycles. The van der Waals surface area contributed by atoms with E-state index < -0.39 is 45.6 Å². The molecule has 0 spiro atoms. The number of hydroxylamine groups is 2. The maximum atomic E-state index is 14.7. The molecule has 2 rings (SSSR count). The standard InChI is InChI=1S/C18H24FN3O7S/c1-5-27-14(23)10-18(17(24)28-6-2)21-16(22(3)29-18)15-12(19)8-7-9-13(15)20-11-30(4,25)26/h7-9,20H,5-6,10-11H2,1-4H3. The van der Waals surface area contributed by atoms with Gasteiger partial charge in [-0.25, -0.2) is 32.5 Å². The molecule has 1 aromatic rings. The van der Waals surface area contributed by atoms with Gasteiger partial charge in [0.25, 0.3) is 5.72 Å². The summed E-state index contributed by atoms with van der Waals surface area (Å²) in [5.41, 5.74) is -2.10. The van der Waals surface area contributed by atoms with Gasteiger partial charge in [-0.1, -0.05) is 6.07 Å². The molecule has 1 atom stereocenters. The van der Waals surface area contributed by atoms with Crippen molar-refractivity contribution < 1.29 is 36.7 Å². The Morgan fingerprint density at radius 2 is 1.93 bits per heavy atom. The number of hydrogen-bond acceptors (Lipinski definition) is 10. The lowest BCUT2D eigenvalue weighted by Crippen LogP contribution is -2.43. The van der Waals surface area contributed by atoms with Gasteiger partial charge in [-0.15, -0.1) is 0 Å². The molecule has 0 radical (unpaired) electrons. The quantitative estimate of drug-likeness (QED) is 0.556. The van der Waals surface area contributed by atoms with Gasteiger partial charge in [-0.05, 0) is 26.0 Å². The van der Waals surface area contributed by atoms with Crippen LogP contribution in [0.1, 0.15) is 25.8 Å². The molecule has 1 aromatic carbocycles. The number of hydrogen-bond donors (Lipinski definition) is 1. The molecule has 1 N–H and O–H groups in total. The van der Waals surface area contributed by atoms with Gasteiger partial charge in [0.15, 0.2) is 15.7 Å². The molecule has 10 nitrogen and oxygen atoms in total. The van der Waals surface area contributed by atoms with Crippen LogP contribution in [0.2, 0.25) is 0 Å². The molecule has 1 unspecified atom stereocenters. The molecule has 0 saturated carbocycles. The van der Waals surface area contributed by atoms with Crippen LogP contribution in [-0.2, 0) is 33.7 Å². The smallest absolute Gasteiger partial charge is 0.364 e. The first-order valence-electron chi connectivity index (χ1n) is 9.09. The van der Waals surface area contributed by atoms with Gasteiger partial charge in [-0.2, -0.15) is 0 Å². The van der Waals surface area contributed by atoms with Gasteiger partial charge in [0.05, 0.1) is 18.8 Å². The monoisotopic (exact) mass is 445 g/mol. The number of rotatable bonds is 9. The molecular weight excluding hydrogens is 421 g/mol. The maximum absolute atomic E-state index is 14.7. The third-order valence-electron chi connectivity index (χ3n) is 3.92. The predicted octanol–water partition coefficient (Wildman–Crippen LogP) is 1.08. The van der Waals surface area contributed by atoms with Crippen molar-refractivity contribution >= 4 is 33.3 Å². The van der Waals surface area contributed by atoms with E-state index in [9.17, 15) is 22.4 Å². The van der Waals surface area contributed by atoms with Crippen LogP contribution >= 0.6 is 0 Å². The van der Waals surface area contributed by atoms with Gasteiger partial charge in [0.2, 0.25) is 0 Å². The number of sulfone groups is 1. The maximum Gasteiger partial charge on any atom is 0.364 e. The number of benzene rings is 1. The van der Waals surface area contributed by atoms with Gasteiger partial charge in [-0.3, -0.25) is 4.79 Å². The minimum Gasteiger partial charge on any atom is -0.466 e. The van der Waals surface area contributed by atoms with Crippen molar-refractivity contribution in [3.63, 3.8) is 0 Å². The number of halogens is 1.